The molecule has 2 aromatic heterocycles. The summed E-state index contributed by atoms with van der Waals surface area (Å²) in [7, 11) is -2.68. The van der Waals surface area contributed by atoms with Crippen LogP contribution in [0.2, 0.25) is 0 Å². The van der Waals surface area contributed by atoms with Crippen LogP contribution in [0.3, 0.4) is 0 Å². The first-order chi connectivity index (χ1) is 20.9. The molecule has 18 heteroatoms. The van der Waals surface area contributed by atoms with E-state index in [-0.39, 0.29) is 12.5 Å². The van der Waals surface area contributed by atoms with E-state index in [0.717, 1.165) is 10.6 Å². The molecule has 3 aromatic rings. The molecular weight excluding hydrogens is 621 g/mol. The summed E-state index contributed by atoms with van der Waals surface area (Å²) in [6.07, 6.45) is 0.313. The predicted octanol–water partition coefficient (Wildman–Crippen LogP) is 4.33. The Kier molecular flexibility index (Phi) is 13.3. The van der Waals surface area contributed by atoms with Gasteiger partial charge < -0.3 is 29.2 Å². The number of nitrogens with zero attached hydrogens (tertiary/aromatic N) is 4. The Bertz CT molecular complexity index is 1410. The van der Waals surface area contributed by atoms with Gasteiger partial charge in [-0.15, -0.1) is 9.35 Å². The van der Waals surface area contributed by atoms with Crippen molar-refractivity contribution in [1.82, 2.24) is 19.5 Å². The number of benzene rings is 1. The second-order valence-electron chi connectivity index (χ2n) is 9.81. The molecule has 0 spiro atoms. The average Bonchev–Trinajstić information content (AvgIpc) is 3.38. The number of anilines is 1. The number of carbonyl (C=O) groups is 2. The van der Waals surface area contributed by atoms with Gasteiger partial charge in [-0.25, -0.2) is 9.97 Å². The quantitative estimate of drug-likeness (QED) is 0.0386. The summed E-state index contributed by atoms with van der Waals surface area (Å²) in [5.74, 6) is -1.17. The third kappa shape index (κ3) is 10.7. The first-order valence-corrected chi connectivity index (χ1v) is 15.9. The Morgan fingerprint density at radius 3 is 2.09 bits per heavy atom. The molecule has 0 radical (unpaired) electrons. The minimum Gasteiger partial charge on any atom is -0.497 e. The number of hydrogen-bond donors (Lipinski definition) is 1. The number of carbonyl (C=O) groups excluding carboxylic acids is 2. The Hall–Kier alpha value is -3.31. The van der Waals surface area contributed by atoms with E-state index in [2.05, 4.69) is 15.0 Å². The lowest BCUT2D eigenvalue weighted by Crippen LogP contribution is -2.19. The second kappa shape index (κ2) is 16.7. The van der Waals surface area contributed by atoms with Crippen LogP contribution < -0.4 is 10.5 Å². The number of ether oxygens (including phenoxy) is 4. The van der Waals surface area contributed by atoms with Crippen molar-refractivity contribution < 1.29 is 52.2 Å². The molecule has 0 saturated carbocycles. The van der Waals surface area contributed by atoms with Gasteiger partial charge in [-0.2, -0.15) is 14.8 Å². The molecule has 0 aliphatic rings. The summed E-state index contributed by atoms with van der Waals surface area (Å²) in [5.41, 5.74) is 6.99. The van der Waals surface area contributed by atoms with Crippen molar-refractivity contribution in [1.29, 1.82) is 0 Å². The third-order valence-electron chi connectivity index (χ3n) is 5.47. The molecule has 1 aromatic carbocycles. The summed E-state index contributed by atoms with van der Waals surface area (Å²) in [5, 5.41) is 0.557. The van der Waals surface area contributed by atoms with E-state index in [0.29, 0.717) is 16.2 Å². The maximum Gasteiger partial charge on any atom is 0.409 e. The first kappa shape index (κ1) is 35.2. The SMILES string of the molecule is COc1ccc(Sc2nc(N)nc3c2ncn3CC(C)OCP(=O)(OOCOC(=O)C(C)C)OOCOC(=O)C(C)C)cc1. The summed E-state index contributed by atoms with van der Waals surface area (Å²) >= 11 is 1.37. The van der Waals surface area contributed by atoms with Crippen LogP contribution in [0.25, 0.3) is 11.2 Å². The Labute approximate surface area is 258 Å². The molecule has 0 amide bonds. The molecule has 16 nitrogen and oxygen atoms in total. The van der Waals surface area contributed by atoms with Gasteiger partial charge in [-0.1, -0.05) is 39.5 Å². The van der Waals surface area contributed by atoms with Crippen molar-refractivity contribution in [2.75, 3.05) is 32.8 Å². The molecule has 242 valence electrons. The normalized spacial score (nSPS) is 12.5. The molecule has 0 bridgehead atoms. The Morgan fingerprint density at radius 1 is 0.955 bits per heavy atom. The number of nitrogen functional groups attached to an aromatic ring is 1. The third-order valence-corrected chi connectivity index (χ3v) is 7.58. The molecular formula is C26H36N5O11PS. The van der Waals surface area contributed by atoms with Gasteiger partial charge in [-0.3, -0.25) is 14.2 Å². The molecule has 44 heavy (non-hydrogen) atoms. The molecule has 2 heterocycles. The van der Waals surface area contributed by atoms with Crippen molar-refractivity contribution in [2.24, 2.45) is 11.8 Å². The number of imidazole rings is 1. The second-order valence-corrected chi connectivity index (χ2v) is 12.6. The van der Waals surface area contributed by atoms with Gasteiger partial charge in [0.1, 0.15) is 16.3 Å². The van der Waals surface area contributed by atoms with Gasteiger partial charge >= 0.3 is 19.5 Å². The number of methoxy groups -OCH3 is 1. The fourth-order valence-corrected chi connectivity index (χ4v) is 5.03. The molecule has 3 rings (SSSR count). The molecule has 1 unspecified atom stereocenters. The number of esters is 2. The van der Waals surface area contributed by atoms with E-state index in [1.54, 1.807) is 52.6 Å². The van der Waals surface area contributed by atoms with Crippen LogP contribution in [-0.4, -0.2) is 64.6 Å². The van der Waals surface area contributed by atoms with E-state index in [1.165, 1.54) is 11.8 Å². The van der Waals surface area contributed by atoms with E-state index in [4.69, 9.17) is 43.8 Å². The van der Waals surface area contributed by atoms with Crippen molar-refractivity contribution in [3.05, 3.63) is 30.6 Å². The smallest absolute Gasteiger partial charge is 0.409 e. The lowest BCUT2D eigenvalue weighted by molar-refractivity contribution is -0.311. The van der Waals surface area contributed by atoms with Gasteiger partial charge in [0, 0.05) is 4.90 Å². The van der Waals surface area contributed by atoms with Crippen LogP contribution in [0.5, 0.6) is 5.75 Å². The minimum atomic E-state index is -4.27. The van der Waals surface area contributed by atoms with Crippen molar-refractivity contribution in [3.8, 4) is 5.75 Å². The van der Waals surface area contributed by atoms with Crippen LogP contribution in [0.1, 0.15) is 34.6 Å². The van der Waals surface area contributed by atoms with E-state index >= 15 is 0 Å². The average molecular weight is 658 g/mol. The standard InChI is InChI=1S/C26H36N5O11PS/c1-16(2)24(32)36-13-39-41-43(34,42-40-14-37-25(33)17(3)4)15-38-18(5)11-31-12-28-21-22(31)29-26(27)30-23(21)44-20-9-7-19(35-6)8-10-20/h7-10,12,16-18H,11,13-15H2,1-6H3,(H2,27,29,30). The summed E-state index contributed by atoms with van der Waals surface area (Å²) in [6.45, 7) is 7.09. The molecule has 0 saturated heterocycles. The van der Waals surface area contributed by atoms with E-state index in [9.17, 15) is 14.2 Å². The Balaban J connectivity index is 1.64. The predicted molar refractivity (Wildman–Crippen MR) is 156 cm³/mol. The largest absolute Gasteiger partial charge is 0.497 e. The molecule has 0 fully saturated rings. The number of nitrogens with two attached hydrogens (primary N) is 1. The topological polar surface area (TPSA) is 195 Å². The maximum absolute atomic E-state index is 13.2. The van der Waals surface area contributed by atoms with Gasteiger partial charge in [0.2, 0.25) is 19.5 Å². The highest BCUT2D eigenvalue weighted by Crippen LogP contribution is 2.49. The lowest BCUT2D eigenvalue weighted by Gasteiger charge is -2.19. The van der Waals surface area contributed by atoms with Crippen molar-refractivity contribution in [3.63, 3.8) is 0 Å². The molecule has 0 aliphatic heterocycles. The Morgan fingerprint density at radius 2 is 1.55 bits per heavy atom. The van der Waals surface area contributed by atoms with Crippen LogP contribution in [0.15, 0.2) is 40.5 Å². The first-order valence-electron chi connectivity index (χ1n) is 13.4. The van der Waals surface area contributed by atoms with E-state index in [1.807, 2.05) is 24.3 Å². The van der Waals surface area contributed by atoms with Gasteiger partial charge in [0.25, 0.3) is 0 Å². The zero-order valence-corrected chi connectivity index (χ0v) is 26.9. The number of fused-ring (bicyclic) bond motifs is 1. The zero-order valence-electron chi connectivity index (χ0n) is 25.2. The van der Waals surface area contributed by atoms with Crippen LogP contribution in [0.4, 0.5) is 5.95 Å². The van der Waals surface area contributed by atoms with Crippen LogP contribution in [-0.2, 0) is 54.0 Å². The summed E-state index contributed by atoms with van der Waals surface area (Å²) < 4.78 is 45.3. The van der Waals surface area contributed by atoms with Gasteiger partial charge in [0.15, 0.2) is 12.0 Å². The monoisotopic (exact) mass is 657 g/mol. The number of hydrogen-bond acceptors (Lipinski definition) is 16. The highest BCUT2D eigenvalue weighted by molar-refractivity contribution is 7.99. The van der Waals surface area contributed by atoms with Crippen LogP contribution >= 0.6 is 19.4 Å². The number of rotatable bonds is 18. The zero-order chi connectivity index (χ0) is 32.3. The lowest BCUT2D eigenvalue weighted by atomic mass is 10.2. The van der Waals surface area contributed by atoms with Gasteiger partial charge in [-0.05, 0) is 31.2 Å². The van der Waals surface area contributed by atoms with Crippen molar-refractivity contribution in [2.45, 2.75) is 57.2 Å². The van der Waals surface area contributed by atoms with Gasteiger partial charge in [0.05, 0.1) is 37.9 Å². The summed E-state index contributed by atoms with van der Waals surface area (Å²) in [4.78, 5) is 46.8. The molecule has 0 aliphatic carbocycles. The maximum atomic E-state index is 13.2. The highest BCUT2D eigenvalue weighted by atomic mass is 32.2. The minimum absolute atomic E-state index is 0.0563. The van der Waals surface area contributed by atoms with E-state index < -0.39 is 57.4 Å². The number of aromatic nitrogens is 4. The summed E-state index contributed by atoms with van der Waals surface area (Å²) in [6, 6.07) is 7.44. The molecule has 2 N–H and O–H groups in total. The fourth-order valence-electron chi connectivity index (χ4n) is 3.20. The highest BCUT2D eigenvalue weighted by Gasteiger charge is 2.31. The van der Waals surface area contributed by atoms with Crippen LogP contribution in [0, 0.1) is 11.8 Å². The fraction of sp³-hybridized carbons (Fsp3) is 0.500. The molecule has 1 atom stereocenters. The van der Waals surface area contributed by atoms with Crippen molar-refractivity contribution >= 4 is 48.4 Å².